The normalized spacial score (nSPS) is 26.2. The van der Waals surface area contributed by atoms with E-state index in [0.717, 1.165) is 25.4 Å². The summed E-state index contributed by atoms with van der Waals surface area (Å²) in [6, 6.07) is 4.68. The zero-order chi connectivity index (χ0) is 14.1. The van der Waals surface area contributed by atoms with Crippen molar-refractivity contribution in [3.63, 3.8) is 0 Å². The van der Waals surface area contributed by atoms with Gasteiger partial charge in [-0.15, -0.1) is 0 Å². The minimum atomic E-state index is -0.243. The molecule has 1 saturated heterocycles. The van der Waals surface area contributed by atoms with Crippen molar-refractivity contribution in [1.29, 1.82) is 0 Å². The molecular weight excluding hydrogens is 253 g/mol. The van der Waals surface area contributed by atoms with Gasteiger partial charge in [0.2, 0.25) is 0 Å². The van der Waals surface area contributed by atoms with Gasteiger partial charge in [0.1, 0.15) is 5.82 Å². The molecule has 1 saturated carbocycles. The van der Waals surface area contributed by atoms with E-state index in [9.17, 15) is 9.18 Å². The van der Waals surface area contributed by atoms with Crippen LogP contribution in [0.1, 0.15) is 48.0 Å². The molecule has 20 heavy (non-hydrogen) atoms. The third-order valence-electron chi connectivity index (χ3n) is 4.98. The Morgan fingerprint density at radius 3 is 2.70 bits per heavy atom. The lowest BCUT2D eigenvalue weighted by Gasteiger charge is -2.41. The molecule has 2 unspecified atom stereocenters. The van der Waals surface area contributed by atoms with Crippen LogP contribution >= 0.6 is 0 Å². The Labute approximate surface area is 120 Å². The number of carbonyl (C=O) groups is 1. The molecule has 2 nitrogen and oxygen atoms in total. The summed E-state index contributed by atoms with van der Waals surface area (Å²) in [6.07, 6.45) is 6.39. The Balaban J connectivity index is 1.72. The van der Waals surface area contributed by atoms with Crippen molar-refractivity contribution in [2.24, 2.45) is 11.8 Å². The lowest BCUT2D eigenvalue weighted by molar-refractivity contribution is 0.0521. The summed E-state index contributed by atoms with van der Waals surface area (Å²) in [7, 11) is 0. The average molecular weight is 275 g/mol. The van der Waals surface area contributed by atoms with E-state index in [-0.39, 0.29) is 11.7 Å². The fourth-order valence-corrected chi connectivity index (χ4v) is 3.75. The highest BCUT2D eigenvalue weighted by atomic mass is 19.1. The van der Waals surface area contributed by atoms with Crippen LogP contribution < -0.4 is 0 Å². The van der Waals surface area contributed by atoms with Crippen LogP contribution in [0.3, 0.4) is 0 Å². The molecule has 0 spiro atoms. The SMILES string of the molecule is Cc1cc(C(=O)N2CCC3CCCCC3C2)ccc1F. The smallest absolute Gasteiger partial charge is 0.253 e. The maximum atomic E-state index is 13.3. The predicted octanol–water partition coefficient (Wildman–Crippen LogP) is 3.79. The van der Waals surface area contributed by atoms with Gasteiger partial charge < -0.3 is 4.90 Å². The van der Waals surface area contributed by atoms with E-state index in [1.54, 1.807) is 19.1 Å². The van der Waals surface area contributed by atoms with Gasteiger partial charge in [0.15, 0.2) is 0 Å². The minimum Gasteiger partial charge on any atom is -0.338 e. The number of piperidine rings is 1. The van der Waals surface area contributed by atoms with Gasteiger partial charge in [-0.2, -0.15) is 0 Å². The number of rotatable bonds is 1. The molecule has 1 aliphatic heterocycles. The Bertz CT molecular complexity index is 514. The summed E-state index contributed by atoms with van der Waals surface area (Å²) < 4.78 is 13.3. The van der Waals surface area contributed by atoms with Gasteiger partial charge in [0, 0.05) is 18.7 Å². The second-order valence-electron chi connectivity index (χ2n) is 6.31. The van der Waals surface area contributed by atoms with Gasteiger partial charge in [-0.1, -0.05) is 19.3 Å². The summed E-state index contributed by atoms with van der Waals surface area (Å²) in [5, 5.41) is 0. The van der Waals surface area contributed by atoms with Gasteiger partial charge in [0.05, 0.1) is 0 Å². The lowest BCUT2D eigenvalue weighted by atomic mass is 9.75. The standard InChI is InChI=1S/C17H22FNO/c1-12-10-14(6-7-16(12)18)17(20)19-9-8-13-4-2-3-5-15(13)11-19/h6-7,10,13,15H,2-5,8-9,11H2,1H3. The van der Waals surface area contributed by atoms with Gasteiger partial charge >= 0.3 is 0 Å². The lowest BCUT2D eigenvalue weighted by Crippen LogP contribution is -2.44. The highest BCUT2D eigenvalue weighted by Crippen LogP contribution is 2.36. The first-order valence-electron chi connectivity index (χ1n) is 7.70. The third-order valence-corrected chi connectivity index (χ3v) is 4.98. The van der Waals surface area contributed by atoms with Crippen molar-refractivity contribution in [2.75, 3.05) is 13.1 Å². The third kappa shape index (κ3) is 2.58. The van der Waals surface area contributed by atoms with Crippen LogP contribution in [-0.4, -0.2) is 23.9 Å². The molecule has 2 aliphatic rings. The van der Waals surface area contributed by atoms with E-state index in [1.807, 2.05) is 4.90 Å². The highest BCUT2D eigenvalue weighted by molar-refractivity contribution is 5.94. The number of amides is 1. The van der Waals surface area contributed by atoms with Crippen molar-refractivity contribution < 1.29 is 9.18 Å². The molecule has 1 heterocycles. The number of hydrogen-bond acceptors (Lipinski definition) is 1. The summed E-state index contributed by atoms with van der Waals surface area (Å²) in [6.45, 7) is 3.45. The minimum absolute atomic E-state index is 0.0668. The Morgan fingerprint density at radius 1 is 1.20 bits per heavy atom. The molecule has 0 N–H and O–H groups in total. The van der Waals surface area contributed by atoms with Crippen molar-refractivity contribution in [1.82, 2.24) is 4.90 Å². The molecule has 3 heteroatoms. The zero-order valence-electron chi connectivity index (χ0n) is 12.1. The number of halogens is 1. The molecule has 1 amide bonds. The molecule has 108 valence electrons. The van der Waals surface area contributed by atoms with Crippen LogP contribution in [0.2, 0.25) is 0 Å². The molecule has 2 fully saturated rings. The number of likely N-dealkylation sites (tertiary alicyclic amines) is 1. The number of carbonyl (C=O) groups excluding carboxylic acids is 1. The fraction of sp³-hybridized carbons (Fsp3) is 0.588. The molecule has 2 atom stereocenters. The van der Waals surface area contributed by atoms with Crippen LogP contribution in [0.5, 0.6) is 0 Å². The molecule has 1 aromatic carbocycles. The Morgan fingerprint density at radius 2 is 1.95 bits per heavy atom. The molecule has 1 aromatic rings. The van der Waals surface area contributed by atoms with Crippen LogP contribution in [-0.2, 0) is 0 Å². The second-order valence-corrected chi connectivity index (χ2v) is 6.31. The van der Waals surface area contributed by atoms with Crippen LogP contribution in [0, 0.1) is 24.6 Å². The van der Waals surface area contributed by atoms with Crippen molar-refractivity contribution >= 4 is 5.91 Å². The number of fused-ring (bicyclic) bond motifs is 1. The van der Waals surface area contributed by atoms with Gasteiger partial charge in [0.25, 0.3) is 5.91 Å². The van der Waals surface area contributed by atoms with E-state index >= 15 is 0 Å². The number of benzene rings is 1. The Hall–Kier alpha value is -1.38. The van der Waals surface area contributed by atoms with E-state index in [2.05, 4.69) is 0 Å². The van der Waals surface area contributed by atoms with E-state index in [0.29, 0.717) is 17.0 Å². The summed E-state index contributed by atoms with van der Waals surface area (Å²) >= 11 is 0. The first kappa shape index (κ1) is 13.6. The number of nitrogens with zero attached hydrogens (tertiary/aromatic N) is 1. The monoisotopic (exact) mass is 275 g/mol. The topological polar surface area (TPSA) is 20.3 Å². The molecule has 3 rings (SSSR count). The van der Waals surface area contributed by atoms with Crippen LogP contribution in [0.4, 0.5) is 4.39 Å². The van der Waals surface area contributed by atoms with Crippen LogP contribution in [0.15, 0.2) is 18.2 Å². The largest absolute Gasteiger partial charge is 0.338 e. The van der Waals surface area contributed by atoms with Crippen LogP contribution in [0.25, 0.3) is 0 Å². The highest BCUT2D eigenvalue weighted by Gasteiger charge is 2.33. The molecule has 0 bridgehead atoms. The van der Waals surface area contributed by atoms with Crippen molar-refractivity contribution in [2.45, 2.75) is 39.0 Å². The first-order valence-corrected chi connectivity index (χ1v) is 7.70. The quantitative estimate of drug-likeness (QED) is 0.763. The maximum absolute atomic E-state index is 13.3. The van der Waals surface area contributed by atoms with Gasteiger partial charge in [-0.3, -0.25) is 4.79 Å². The molecule has 0 radical (unpaired) electrons. The van der Waals surface area contributed by atoms with E-state index in [4.69, 9.17) is 0 Å². The fourth-order valence-electron chi connectivity index (χ4n) is 3.75. The zero-order valence-corrected chi connectivity index (χ0v) is 12.1. The predicted molar refractivity (Wildman–Crippen MR) is 77.1 cm³/mol. The van der Waals surface area contributed by atoms with Crippen molar-refractivity contribution in [3.8, 4) is 0 Å². The van der Waals surface area contributed by atoms with E-state index in [1.165, 1.54) is 31.7 Å². The molecular formula is C17H22FNO. The molecule has 1 aliphatic carbocycles. The van der Waals surface area contributed by atoms with Gasteiger partial charge in [-0.25, -0.2) is 4.39 Å². The average Bonchev–Trinajstić information content (AvgIpc) is 2.49. The summed E-state index contributed by atoms with van der Waals surface area (Å²) in [4.78, 5) is 14.5. The van der Waals surface area contributed by atoms with Crippen molar-refractivity contribution in [3.05, 3.63) is 35.1 Å². The Kier molecular flexibility index (Phi) is 3.77. The first-order chi connectivity index (χ1) is 9.65. The second kappa shape index (κ2) is 5.55. The van der Waals surface area contributed by atoms with Gasteiger partial charge in [-0.05, 0) is 55.4 Å². The summed E-state index contributed by atoms with van der Waals surface area (Å²) in [5.74, 6) is 1.33. The molecule has 0 aromatic heterocycles. The summed E-state index contributed by atoms with van der Waals surface area (Å²) in [5.41, 5.74) is 1.17. The maximum Gasteiger partial charge on any atom is 0.253 e. The number of hydrogen-bond donors (Lipinski definition) is 0. The number of aryl methyl sites for hydroxylation is 1. The van der Waals surface area contributed by atoms with E-state index < -0.39 is 0 Å².